The van der Waals surface area contributed by atoms with E-state index in [4.69, 9.17) is 50.7 Å². The number of hydrogen-bond acceptors (Lipinski definition) is 10. The normalized spacial score (nSPS) is 12.8. The predicted octanol–water partition coefficient (Wildman–Crippen LogP) is 4.90. The Hall–Kier alpha value is -1.87. The Morgan fingerprint density at radius 3 is 0.812 bits per heavy atom. The first-order valence-corrected chi connectivity index (χ1v) is 18.0. The zero-order valence-electron chi connectivity index (χ0n) is 30.0. The van der Waals surface area contributed by atoms with Gasteiger partial charge in [-0.2, -0.15) is 0 Å². The minimum Gasteiger partial charge on any atom is -0.481 e. The first-order valence-electron chi connectivity index (χ1n) is 18.0. The third-order valence-electron chi connectivity index (χ3n) is 6.87. The molecule has 0 aromatic carbocycles. The summed E-state index contributed by atoms with van der Waals surface area (Å²) in [6.45, 7) is 3.84. The van der Waals surface area contributed by atoms with Crippen molar-refractivity contribution in [3.05, 3.63) is 0 Å². The quantitative estimate of drug-likeness (QED) is 0.0409. The molecule has 0 saturated carbocycles. The average molecular weight is 701 g/mol. The monoisotopic (exact) mass is 700 g/mol. The second-order valence-electron chi connectivity index (χ2n) is 12.0. The molecule has 0 amide bonds. The van der Waals surface area contributed by atoms with Crippen molar-refractivity contribution in [3.8, 4) is 0 Å². The van der Waals surface area contributed by atoms with Gasteiger partial charge >= 0.3 is 17.9 Å². The van der Waals surface area contributed by atoms with Gasteiger partial charge in [0.1, 0.15) is 12.2 Å². The van der Waals surface area contributed by atoms with Crippen LogP contribution in [0.4, 0.5) is 0 Å². The fourth-order valence-electron chi connectivity index (χ4n) is 3.77. The molecule has 1 aliphatic heterocycles. The number of aliphatic carboxylic acids is 3. The fourth-order valence-corrected chi connectivity index (χ4v) is 3.77. The van der Waals surface area contributed by atoms with Gasteiger partial charge in [-0.3, -0.25) is 14.4 Å². The van der Waals surface area contributed by atoms with Crippen molar-refractivity contribution in [2.75, 3.05) is 33.0 Å². The van der Waals surface area contributed by atoms with Crippen molar-refractivity contribution in [1.29, 1.82) is 0 Å². The second kappa shape index (κ2) is 45.1. The molecule has 1 fully saturated rings. The lowest BCUT2D eigenvalue weighted by atomic mass is 10.0. The highest BCUT2D eigenvalue weighted by molar-refractivity contribution is 5.67. The third-order valence-corrected chi connectivity index (χ3v) is 6.87. The van der Waals surface area contributed by atoms with Gasteiger partial charge < -0.3 is 50.7 Å². The zero-order valence-corrected chi connectivity index (χ0v) is 30.0. The molecule has 0 radical (unpaired) electrons. The Morgan fingerprint density at radius 1 is 0.500 bits per heavy atom. The molecule has 13 nitrogen and oxygen atoms in total. The highest BCUT2D eigenvalue weighted by atomic mass is 16.6. The molecule has 1 rings (SSSR count). The molecule has 1 unspecified atom stereocenters. The van der Waals surface area contributed by atoms with Gasteiger partial charge in [-0.1, -0.05) is 110 Å². The van der Waals surface area contributed by atoms with Crippen molar-refractivity contribution >= 4 is 17.9 Å². The average Bonchev–Trinajstić information content (AvgIpc) is 3.86. The number of carbonyl (C=O) groups is 3. The SMILES string of the molecule is CC1CO1.CCCCCCCCCCCCCCCC(=O)O.O=C(O)CCCCCCCCC(=O)O.OCC(O)CO.OCC(O)CO. The van der Waals surface area contributed by atoms with Crippen LogP contribution in [0.3, 0.4) is 0 Å². The summed E-state index contributed by atoms with van der Waals surface area (Å²) in [5, 5.41) is 73.2. The van der Waals surface area contributed by atoms with E-state index in [0.717, 1.165) is 58.0 Å². The summed E-state index contributed by atoms with van der Waals surface area (Å²) in [5.74, 6) is -2.13. The maximum absolute atomic E-state index is 10.3. The first kappa shape index (κ1) is 52.9. The number of aliphatic hydroxyl groups excluding tert-OH is 6. The highest BCUT2D eigenvalue weighted by Crippen LogP contribution is 2.13. The molecule has 0 aromatic heterocycles. The lowest BCUT2D eigenvalue weighted by Crippen LogP contribution is -2.15. The van der Waals surface area contributed by atoms with E-state index >= 15 is 0 Å². The van der Waals surface area contributed by atoms with E-state index in [9.17, 15) is 14.4 Å². The number of unbranched alkanes of at least 4 members (excludes halogenated alkanes) is 17. The molecule has 13 heteroatoms. The number of ether oxygens (including phenoxy) is 1. The summed E-state index contributed by atoms with van der Waals surface area (Å²) < 4.78 is 4.71. The Kier molecular flexibility index (Phi) is 49.8. The van der Waals surface area contributed by atoms with Crippen LogP contribution in [0.1, 0.15) is 155 Å². The minimum atomic E-state index is -0.954. The lowest BCUT2D eigenvalue weighted by molar-refractivity contribution is -0.138. The van der Waals surface area contributed by atoms with Crippen LogP contribution in [0.2, 0.25) is 0 Å². The highest BCUT2D eigenvalue weighted by Gasteiger charge is 2.13. The molecule has 0 aliphatic carbocycles. The molecule has 0 bridgehead atoms. The number of carboxylic acid groups (broad SMARTS) is 3. The van der Waals surface area contributed by atoms with Crippen LogP contribution >= 0.6 is 0 Å². The molecule has 290 valence electrons. The molecule has 48 heavy (non-hydrogen) atoms. The lowest BCUT2D eigenvalue weighted by Gasteiger charge is -2.02. The molecular formula is C35H72O13. The van der Waals surface area contributed by atoms with Gasteiger partial charge in [0, 0.05) is 19.3 Å². The summed E-state index contributed by atoms with van der Waals surface area (Å²) in [4.78, 5) is 30.6. The number of rotatable bonds is 27. The number of epoxide rings is 1. The van der Waals surface area contributed by atoms with E-state index < -0.39 is 30.1 Å². The topological polar surface area (TPSA) is 246 Å². The van der Waals surface area contributed by atoms with E-state index in [-0.39, 0.29) is 39.3 Å². The van der Waals surface area contributed by atoms with Crippen molar-refractivity contribution in [3.63, 3.8) is 0 Å². The first-order chi connectivity index (χ1) is 22.9. The molecular weight excluding hydrogens is 628 g/mol. The molecule has 0 spiro atoms. The van der Waals surface area contributed by atoms with Gasteiger partial charge in [-0.05, 0) is 26.2 Å². The summed E-state index contributed by atoms with van der Waals surface area (Å²) in [6, 6.07) is 0. The Morgan fingerprint density at radius 2 is 0.688 bits per heavy atom. The summed E-state index contributed by atoms with van der Waals surface area (Å²) in [5.41, 5.74) is 0. The maximum Gasteiger partial charge on any atom is 0.303 e. The van der Waals surface area contributed by atoms with Gasteiger partial charge in [0.2, 0.25) is 0 Å². The molecule has 1 atom stereocenters. The van der Waals surface area contributed by atoms with Crippen molar-refractivity contribution in [2.45, 2.75) is 173 Å². The second-order valence-corrected chi connectivity index (χ2v) is 12.0. The van der Waals surface area contributed by atoms with Crippen LogP contribution in [0.5, 0.6) is 0 Å². The van der Waals surface area contributed by atoms with Crippen LogP contribution in [-0.2, 0) is 19.1 Å². The van der Waals surface area contributed by atoms with Gasteiger partial charge in [0.05, 0.1) is 39.1 Å². The van der Waals surface area contributed by atoms with Crippen LogP contribution in [0.15, 0.2) is 0 Å². The van der Waals surface area contributed by atoms with E-state index in [1.165, 1.54) is 70.6 Å². The number of aliphatic hydroxyl groups is 6. The Labute approximate surface area is 289 Å². The minimum absolute atomic E-state index is 0.245. The van der Waals surface area contributed by atoms with E-state index in [1.54, 1.807) is 0 Å². The van der Waals surface area contributed by atoms with Gasteiger partial charge in [0.15, 0.2) is 0 Å². The van der Waals surface area contributed by atoms with Crippen molar-refractivity contribution in [2.24, 2.45) is 0 Å². The predicted molar refractivity (Wildman–Crippen MR) is 186 cm³/mol. The zero-order chi connectivity index (χ0) is 37.3. The number of hydrogen-bond donors (Lipinski definition) is 9. The molecule has 1 saturated heterocycles. The fraction of sp³-hybridized carbons (Fsp3) is 0.914. The Balaban J connectivity index is -0.000000281. The Bertz CT molecular complexity index is 622. The van der Waals surface area contributed by atoms with Crippen LogP contribution in [0, 0.1) is 0 Å². The van der Waals surface area contributed by atoms with Crippen molar-refractivity contribution < 1.29 is 65.1 Å². The smallest absolute Gasteiger partial charge is 0.303 e. The van der Waals surface area contributed by atoms with E-state index in [1.807, 2.05) is 0 Å². The van der Waals surface area contributed by atoms with E-state index in [2.05, 4.69) is 13.8 Å². The summed E-state index contributed by atoms with van der Waals surface area (Å²) >= 11 is 0. The molecule has 0 aromatic rings. The molecule has 1 aliphatic rings. The van der Waals surface area contributed by atoms with Gasteiger partial charge in [0.25, 0.3) is 0 Å². The van der Waals surface area contributed by atoms with Crippen LogP contribution in [-0.4, -0.2) is 115 Å². The maximum atomic E-state index is 10.3. The van der Waals surface area contributed by atoms with E-state index in [0.29, 0.717) is 12.5 Å². The standard InChI is InChI=1S/C16H32O2.C10H18O4.2C3H8O3.C3H6O/c1-2-3-4-5-6-7-8-9-10-11-12-13-14-15-16(17)18;11-9(12)7-5-3-1-2-4-6-8-10(13)14;2*4-1-3(6)2-5;1-3-2-4-3/h2-15H2,1H3,(H,17,18);1-8H2,(H,11,12)(H,13,14);2*3-6H,1-2H2;3H,2H2,1H3. The summed E-state index contributed by atoms with van der Waals surface area (Å²) in [6.07, 6.45) is 21.8. The van der Waals surface area contributed by atoms with Gasteiger partial charge in [-0.25, -0.2) is 0 Å². The van der Waals surface area contributed by atoms with Crippen LogP contribution < -0.4 is 0 Å². The van der Waals surface area contributed by atoms with Gasteiger partial charge in [-0.15, -0.1) is 0 Å². The molecule has 9 N–H and O–H groups in total. The van der Waals surface area contributed by atoms with Crippen LogP contribution in [0.25, 0.3) is 0 Å². The third kappa shape index (κ3) is 66.5. The summed E-state index contributed by atoms with van der Waals surface area (Å²) in [7, 11) is 0. The van der Waals surface area contributed by atoms with Crippen molar-refractivity contribution in [1.82, 2.24) is 0 Å². The molecule has 1 heterocycles. The number of carboxylic acids is 3. The largest absolute Gasteiger partial charge is 0.481 e.